The van der Waals surface area contributed by atoms with Gasteiger partial charge in [-0.2, -0.15) is 0 Å². The largest absolute Gasteiger partial charge is 0.310 e. The van der Waals surface area contributed by atoms with Gasteiger partial charge in [0.25, 0.3) is 0 Å². The Morgan fingerprint density at radius 1 is 0.429 bits per heavy atom. The average molecular weight is 907 g/mol. The summed E-state index contributed by atoms with van der Waals surface area (Å²) in [6.45, 7) is 21.6. The predicted octanol–water partition coefficient (Wildman–Crippen LogP) is 18.7. The van der Waals surface area contributed by atoms with Crippen molar-refractivity contribution in [3.63, 3.8) is 0 Å². The first-order valence-electron chi connectivity index (χ1n) is 24.7. The normalized spacial score (nSPS) is 12.5. The molecule has 2 nitrogen and oxygen atoms in total. The van der Waals surface area contributed by atoms with Crippen molar-refractivity contribution in [2.45, 2.75) is 65.2 Å². The van der Waals surface area contributed by atoms with Crippen LogP contribution in [0, 0.1) is 13.8 Å². The molecule has 1 aliphatic rings. The number of fused-ring (bicyclic) bond motifs is 2. The number of anilines is 5. The summed E-state index contributed by atoms with van der Waals surface area (Å²) in [7, 11) is 0. The van der Waals surface area contributed by atoms with Crippen molar-refractivity contribution >= 4 is 57.1 Å². The van der Waals surface area contributed by atoms with Gasteiger partial charge in [-0.1, -0.05) is 205 Å². The van der Waals surface area contributed by atoms with Gasteiger partial charge in [-0.05, 0) is 148 Å². The number of nitrogens with zero attached hydrogens (tertiary/aromatic N) is 2. The second kappa shape index (κ2) is 18.9. The van der Waals surface area contributed by atoms with Crippen LogP contribution in [-0.4, -0.2) is 0 Å². The van der Waals surface area contributed by atoms with Crippen molar-refractivity contribution in [3.05, 3.63) is 275 Å². The van der Waals surface area contributed by atoms with E-state index in [2.05, 4.69) is 271 Å². The highest BCUT2D eigenvalue weighted by molar-refractivity contribution is 5.99. The highest BCUT2D eigenvalue weighted by atomic mass is 15.2. The van der Waals surface area contributed by atoms with Crippen molar-refractivity contribution in [3.8, 4) is 11.1 Å². The summed E-state index contributed by atoms with van der Waals surface area (Å²) >= 11 is 0. The van der Waals surface area contributed by atoms with Gasteiger partial charge in [0.1, 0.15) is 0 Å². The first-order valence-corrected chi connectivity index (χ1v) is 24.7. The smallest absolute Gasteiger partial charge is 0.0540 e. The third-order valence-electron chi connectivity index (χ3n) is 15.0. The molecule has 9 aromatic carbocycles. The molecule has 2 heteroatoms. The molecule has 0 amide bonds. The second-order valence-corrected chi connectivity index (χ2v) is 19.9. The first-order chi connectivity index (χ1) is 33.9. The van der Waals surface area contributed by atoms with E-state index in [0.717, 1.165) is 52.4 Å². The van der Waals surface area contributed by atoms with E-state index in [-0.39, 0.29) is 10.8 Å². The van der Waals surface area contributed by atoms with Gasteiger partial charge in [-0.3, -0.25) is 0 Å². The van der Waals surface area contributed by atoms with Gasteiger partial charge in [0.15, 0.2) is 0 Å². The van der Waals surface area contributed by atoms with Crippen LogP contribution < -0.4 is 9.80 Å². The minimum Gasteiger partial charge on any atom is -0.310 e. The summed E-state index contributed by atoms with van der Waals surface area (Å²) in [6.07, 6.45) is 8.27. The molecule has 1 aliphatic carbocycles. The lowest BCUT2D eigenvalue weighted by atomic mass is 9.78. The summed E-state index contributed by atoms with van der Waals surface area (Å²) in [5.74, 6) is 0. The average Bonchev–Trinajstić information content (AvgIpc) is 3.39. The maximum atomic E-state index is 3.95. The van der Waals surface area contributed by atoms with E-state index in [9.17, 15) is 0 Å². The summed E-state index contributed by atoms with van der Waals surface area (Å²) in [4.78, 5) is 4.89. The first kappa shape index (κ1) is 45.8. The number of aryl methyl sites for hydroxylation is 3. The number of allylic oxidation sites excluding steroid dienone is 1. The fraction of sp³-hybridized carbons (Fsp3) is 0.147. The molecular formula is C68H62N2. The quantitative estimate of drug-likeness (QED) is 0.114. The van der Waals surface area contributed by atoms with E-state index in [4.69, 9.17) is 0 Å². The zero-order valence-electron chi connectivity index (χ0n) is 41.5. The van der Waals surface area contributed by atoms with Crippen LogP contribution in [0.3, 0.4) is 0 Å². The summed E-state index contributed by atoms with van der Waals surface area (Å²) in [5.41, 5.74) is 21.5. The van der Waals surface area contributed by atoms with E-state index in [1.165, 1.54) is 72.1 Å². The Morgan fingerprint density at radius 2 is 0.871 bits per heavy atom. The number of hydrogen-bond donors (Lipinski definition) is 0. The van der Waals surface area contributed by atoms with Crippen molar-refractivity contribution in [2.24, 2.45) is 0 Å². The number of benzene rings is 9. The molecule has 0 radical (unpaired) electrons. The molecule has 0 aliphatic heterocycles. The van der Waals surface area contributed by atoms with Crippen LogP contribution in [0.15, 0.2) is 219 Å². The van der Waals surface area contributed by atoms with Crippen molar-refractivity contribution in [1.82, 2.24) is 0 Å². The van der Waals surface area contributed by atoms with Crippen LogP contribution >= 0.6 is 0 Å². The molecular weight excluding hydrogens is 845 g/mol. The Morgan fingerprint density at radius 3 is 1.40 bits per heavy atom. The SMILES string of the molecule is C=Cc1ccc(C(C)(C)c2ccc(N(C3=CCCc4ccccc43)c3ccc(-c4ccc(N(c5ccc(C(C)(C)c6ccc(C=C)cc6)cc5)c5cccc6ccccc56)cc4C)c(C)c3)cc2)cc1. The van der Waals surface area contributed by atoms with Crippen LogP contribution in [0.25, 0.3) is 39.7 Å². The van der Waals surface area contributed by atoms with Gasteiger partial charge >= 0.3 is 0 Å². The van der Waals surface area contributed by atoms with E-state index in [1.807, 2.05) is 12.2 Å². The van der Waals surface area contributed by atoms with Crippen molar-refractivity contribution in [1.29, 1.82) is 0 Å². The Labute approximate surface area is 416 Å². The second-order valence-electron chi connectivity index (χ2n) is 19.9. The number of hydrogen-bond acceptors (Lipinski definition) is 2. The molecule has 0 spiro atoms. The lowest BCUT2D eigenvalue weighted by molar-refractivity contribution is 0.641. The maximum Gasteiger partial charge on any atom is 0.0540 e. The molecule has 0 aromatic heterocycles. The fourth-order valence-corrected chi connectivity index (χ4v) is 10.6. The summed E-state index contributed by atoms with van der Waals surface area (Å²) in [6, 6.07) is 74.1. The topological polar surface area (TPSA) is 6.48 Å². The zero-order valence-corrected chi connectivity index (χ0v) is 41.5. The molecule has 0 heterocycles. The number of rotatable bonds is 13. The molecule has 0 N–H and O–H groups in total. The highest BCUT2D eigenvalue weighted by Crippen LogP contribution is 2.45. The molecule has 344 valence electrons. The molecule has 9 aromatic rings. The lowest BCUT2D eigenvalue weighted by Gasteiger charge is -2.33. The van der Waals surface area contributed by atoms with Crippen LogP contribution in [0.2, 0.25) is 0 Å². The molecule has 0 fully saturated rings. The standard InChI is InChI=1S/C68H62N2/c1-9-49-25-29-53(30-26-49)67(5,6)55-33-37-57(38-34-55)69(65-23-15-19-51-17-11-13-21-63(51)65)59-41-43-61(47(3)45-59)62-44-42-60(46-48(62)4)70(66-24-16-20-52-18-12-14-22-64(52)66)58-39-35-56(36-40-58)68(7,8)54-31-27-50(10-2)28-32-54/h9-15,17-19,21-46H,1-2,16,20H2,3-8H3. The van der Waals surface area contributed by atoms with Gasteiger partial charge < -0.3 is 9.80 Å². The van der Waals surface area contributed by atoms with Crippen molar-refractivity contribution < 1.29 is 0 Å². The molecule has 0 bridgehead atoms. The third-order valence-corrected chi connectivity index (χ3v) is 15.0. The minimum atomic E-state index is -0.176. The van der Waals surface area contributed by atoms with Gasteiger partial charge in [-0.25, -0.2) is 0 Å². The fourth-order valence-electron chi connectivity index (χ4n) is 10.6. The van der Waals surface area contributed by atoms with Gasteiger partial charge in [0.2, 0.25) is 0 Å². The van der Waals surface area contributed by atoms with E-state index < -0.39 is 0 Å². The zero-order chi connectivity index (χ0) is 48.6. The van der Waals surface area contributed by atoms with Crippen LogP contribution in [0.4, 0.5) is 28.4 Å². The Hall–Kier alpha value is -7.94. The lowest BCUT2D eigenvalue weighted by Crippen LogP contribution is -2.21. The van der Waals surface area contributed by atoms with Gasteiger partial charge in [0.05, 0.1) is 5.69 Å². The van der Waals surface area contributed by atoms with Gasteiger partial charge in [0, 0.05) is 50.2 Å². The third kappa shape index (κ3) is 8.60. The van der Waals surface area contributed by atoms with Gasteiger partial charge in [-0.15, -0.1) is 0 Å². The summed E-state index contributed by atoms with van der Waals surface area (Å²) in [5, 5.41) is 2.42. The van der Waals surface area contributed by atoms with E-state index in [1.54, 1.807) is 0 Å². The highest BCUT2D eigenvalue weighted by Gasteiger charge is 2.27. The molecule has 0 saturated carbocycles. The van der Waals surface area contributed by atoms with Crippen molar-refractivity contribution in [2.75, 3.05) is 9.80 Å². The molecule has 70 heavy (non-hydrogen) atoms. The molecule has 0 saturated heterocycles. The van der Waals surface area contributed by atoms with Crippen LogP contribution in [0.5, 0.6) is 0 Å². The molecule has 0 atom stereocenters. The Balaban J connectivity index is 1.01. The van der Waals surface area contributed by atoms with E-state index in [0.29, 0.717) is 0 Å². The Kier molecular flexibility index (Phi) is 12.3. The van der Waals surface area contributed by atoms with E-state index >= 15 is 0 Å². The monoisotopic (exact) mass is 906 g/mol. The maximum absolute atomic E-state index is 3.95. The molecule has 0 unspecified atom stereocenters. The Bertz CT molecular complexity index is 3400. The minimum absolute atomic E-state index is 0.168. The summed E-state index contributed by atoms with van der Waals surface area (Å²) < 4.78 is 0. The molecule has 10 rings (SSSR count). The van der Waals surface area contributed by atoms with Crippen LogP contribution in [0.1, 0.15) is 89.8 Å². The van der Waals surface area contributed by atoms with Crippen LogP contribution in [-0.2, 0) is 17.3 Å². The predicted molar refractivity (Wildman–Crippen MR) is 302 cm³/mol.